The largest absolute Gasteiger partial charge is 0.481 e. The Morgan fingerprint density at radius 2 is 2.22 bits per heavy atom. The number of hydrogen-bond donors (Lipinski definition) is 3. The molecule has 0 saturated heterocycles. The third-order valence-corrected chi connectivity index (χ3v) is 2.77. The van der Waals surface area contributed by atoms with Crippen molar-refractivity contribution in [1.29, 1.82) is 0 Å². The lowest BCUT2D eigenvalue weighted by Crippen LogP contribution is -2.19. The number of aliphatic carboxylic acids is 1. The van der Waals surface area contributed by atoms with Crippen LogP contribution in [0.15, 0.2) is 17.2 Å². The van der Waals surface area contributed by atoms with E-state index in [2.05, 4.69) is 15.3 Å². The molecule has 2 unspecified atom stereocenters. The monoisotopic (exact) mass is 253 g/mol. The molecule has 0 aromatic carbocycles. The van der Waals surface area contributed by atoms with Crippen LogP contribution in [0.2, 0.25) is 0 Å². The van der Waals surface area contributed by atoms with Gasteiger partial charge in [-0.1, -0.05) is 13.3 Å². The van der Waals surface area contributed by atoms with Crippen molar-refractivity contribution in [2.45, 2.75) is 39.2 Å². The minimum absolute atomic E-state index is 0.153. The van der Waals surface area contributed by atoms with Gasteiger partial charge in [0.05, 0.1) is 12.2 Å². The molecule has 1 heterocycles. The van der Waals surface area contributed by atoms with E-state index in [4.69, 9.17) is 5.11 Å². The van der Waals surface area contributed by atoms with Crippen molar-refractivity contribution in [3.63, 3.8) is 0 Å². The second-order valence-electron chi connectivity index (χ2n) is 4.51. The number of rotatable bonds is 7. The van der Waals surface area contributed by atoms with E-state index >= 15 is 0 Å². The first-order valence-electron chi connectivity index (χ1n) is 6.03. The number of carboxylic acid groups (broad SMARTS) is 1. The van der Waals surface area contributed by atoms with Gasteiger partial charge in [0.2, 0.25) is 0 Å². The average molecular weight is 253 g/mol. The van der Waals surface area contributed by atoms with E-state index in [1.54, 1.807) is 6.92 Å². The maximum atomic E-state index is 11.0. The van der Waals surface area contributed by atoms with Gasteiger partial charge < -0.3 is 15.4 Å². The number of H-pyrrole nitrogens is 1. The number of nitrogens with one attached hydrogen (secondary N) is 2. The summed E-state index contributed by atoms with van der Waals surface area (Å²) in [5.41, 5.74) is -0.195. The van der Waals surface area contributed by atoms with Gasteiger partial charge in [-0.3, -0.25) is 9.59 Å². The number of aromatic amines is 1. The molecule has 100 valence electrons. The van der Waals surface area contributed by atoms with Crippen molar-refractivity contribution in [1.82, 2.24) is 9.97 Å². The summed E-state index contributed by atoms with van der Waals surface area (Å²) in [6.45, 7) is 3.69. The fraction of sp³-hybridized carbons (Fsp3) is 0.583. The van der Waals surface area contributed by atoms with Gasteiger partial charge in [-0.2, -0.15) is 0 Å². The van der Waals surface area contributed by atoms with Crippen LogP contribution in [0, 0.1) is 5.92 Å². The predicted molar refractivity (Wildman–Crippen MR) is 68.6 cm³/mol. The highest BCUT2D eigenvalue weighted by Crippen LogP contribution is 2.11. The zero-order valence-corrected chi connectivity index (χ0v) is 10.6. The summed E-state index contributed by atoms with van der Waals surface area (Å²) in [6.07, 6.45) is 3.67. The molecule has 0 radical (unpaired) electrons. The number of aromatic nitrogens is 2. The first kappa shape index (κ1) is 14.2. The van der Waals surface area contributed by atoms with E-state index < -0.39 is 5.97 Å². The summed E-state index contributed by atoms with van der Waals surface area (Å²) in [7, 11) is 0. The second-order valence-corrected chi connectivity index (χ2v) is 4.51. The quantitative estimate of drug-likeness (QED) is 0.683. The molecule has 0 aliphatic rings. The number of carboxylic acids is 1. The molecule has 3 N–H and O–H groups in total. The van der Waals surface area contributed by atoms with Crippen molar-refractivity contribution in [3.8, 4) is 0 Å². The number of carbonyl (C=O) groups is 1. The van der Waals surface area contributed by atoms with Crippen LogP contribution in [0.3, 0.4) is 0 Å². The van der Waals surface area contributed by atoms with Crippen LogP contribution < -0.4 is 10.9 Å². The maximum Gasteiger partial charge on any atom is 0.306 e. The van der Waals surface area contributed by atoms with Gasteiger partial charge in [0.1, 0.15) is 5.82 Å². The summed E-state index contributed by atoms with van der Waals surface area (Å²) < 4.78 is 0. The Morgan fingerprint density at radius 3 is 2.83 bits per heavy atom. The number of nitrogens with zero attached hydrogens (tertiary/aromatic N) is 1. The molecular formula is C12H19N3O3. The lowest BCUT2D eigenvalue weighted by atomic mass is 10.0. The molecule has 0 amide bonds. The van der Waals surface area contributed by atoms with Crippen LogP contribution in [-0.4, -0.2) is 27.1 Å². The fourth-order valence-corrected chi connectivity index (χ4v) is 1.63. The first-order valence-corrected chi connectivity index (χ1v) is 6.03. The topological polar surface area (TPSA) is 95.1 Å². The molecule has 1 aromatic rings. The first-order chi connectivity index (χ1) is 8.49. The van der Waals surface area contributed by atoms with E-state index in [0.717, 1.165) is 12.8 Å². The normalized spacial score (nSPS) is 13.9. The van der Waals surface area contributed by atoms with Crippen LogP contribution in [0.25, 0.3) is 0 Å². The van der Waals surface area contributed by atoms with Crippen molar-refractivity contribution >= 4 is 11.8 Å². The van der Waals surface area contributed by atoms with Crippen LogP contribution in [0.4, 0.5) is 5.82 Å². The van der Waals surface area contributed by atoms with Crippen LogP contribution in [-0.2, 0) is 4.79 Å². The molecule has 1 aromatic heterocycles. The number of hydrogen-bond acceptors (Lipinski definition) is 4. The Hall–Kier alpha value is -1.85. The highest BCUT2D eigenvalue weighted by atomic mass is 16.4. The molecule has 0 saturated carbocycles. The fourth-order valence-electron chi connectivity index (χ4n) is 1.63. The predicted octanol–water partition coefficient (Wildman–Crippen LogP) is 1.46. The molecule has 6 nitrogen and oxygen atoms in total. The van der Waals surface area contributed by atoms with E-state index in [0.29, 0.717) is 12.2 Å². The van der Waals surface area contributed by atoms with Crippen LogP contribution in [0.1, 0.15) is 33.1 Å². The minimum Gasteiger partial charge on any atom is -0.481 e. The Morgan fingerprint density at radius 1 is 1.50 bits per heavy atom. The minimum atomic E-state index is -0.758. The molecule has 0 fully saturated rings. The third kappa shape index (κ3) is 4.99. The van der Waals surface area contributed by atoms with Crippen molar-refractivity contribution < 1.29 is 9.90 Å². The lowest BCUT2D eigenvalue weighted by molar-refractivity contribution is -0.141. The number of anilines is 1. The Kier molecular flexibility index (Phi) is 5.35. The molecule has 6 heteroatoms. The Bertz CT molecular complexity index is 444. The second kappa shape index (κ2) is 6.78. The van der Waals surface area contributed by atoms with Crippen LogP contribution in [0.5, 0.6) is 0 Å². The van der Waals surface area contributed by atoms with Crippen molar-refractivity contribution in [3.05, 3.63) is 22.7 Å². The third-order valence-electron chi connectivity index (χ3n) is 2.77. The van der Waals surface area contributed by atoms with E-state index in [-0.39, 0.29) is 17.5 Å². The summed E-state index contributed by atoms with van der Waals surface area (Å²) in [5.74, 6) is -0.528. The SMILES string of the molecule is CC(CCCC(C)C(=O)O)Nc1cc(=O)[nH]cn1. The van der Waals surface area contributed by atoms with E-state index in [1.165, 1.54) is 12.4 Å². The van der Waals surface area contributed by atoms with E-state index in [9.17, 15) is 9.59 Å². The zero-order chi connectivity index (χ0) is 13.5. The van der Waals surface area contributed by atoms with E-state index in [1.807, 2.05) is 6.92 Å². The molecule has 1 rings (SSSR count). The molecule has 0 spiro atoms. The molecule has 18 heavy (non-hydrogen) atoms. The summed E-state index contributed by atoms with van der Waals surface area (Å²) in [6, 6.07) is 1.55. The molecule has 0 bridgehead atoms. The van der Waals surface area contributed by atoms with Gasteiger partial charge in [0, 0.05) is 12.1 Å². The summed E-state index contributed by atoms with van der Waals surface area (Å²) in [4.78, 5) is 28.1. The highest BCUT2D eigenvalue weighted by Gasteiger charge is 2.11. The Balaban J connectivity index is 2.32. The van der Waals surface area contributed by atoms with Gasteiger partial charge in [-0.05, 0) is 19.8 Å². The van der Waals surface area contributed by atoms with Crippen molar-refractivity contribution in [2.24, 2.45) is 5.92 Å². The lowest BCUT2D eigenvalue weighted by Gasteiger charge is -2.14. The average Bonchev–Trinajstić information content (AvgIpc) is 2.28. The highest BCUT2D eigenvalue weighted by molar-refractivity contribution is 5.69. The summed E-state index contributed by atoms with van der Waals surface area (Å²) >= 11 is 0. The smallest absolute Gasteiger partial charge is 0.306 e. The van der Waals surface area contributed by atoms with Gasteiger partial charge in [0.25, 0.3) is 5.56 Å². The zero-order valence-electron chi connectivity index (χ0n) is 10.6. The standard InChI is InChI=1S/C12H19N3O3/c1-8(12(17)18)4-3-5-9(2)15-10-6-11(16)14-7-13-10/h6-9H,3-5H2,1-2H3,(H,17,18)(H2,13,14,15,16). The summed E-state index contributed by atoms with van der Waals surface area (Å²) in [5, 5.41) is 11.9. The molecule has 0 aliphatic heterocycles. The van der Waals surface area contributed by atoms with Crippen LogP contribution >= 0.6 is 0 Å². The Labute approximate surface area is 105 Å². The van der Waals surface area contributed by atoms with Gasteiger partial charge >= 0.3 is 5.97 Å². The van der Waals surface area contributed by atoms with Crippen molar-refractivity contribution in [2.75, 3.05) is 5.32 Å². The molecular weight excluding hydrogens is 234 g/mol. The van der Waals surface area contributed by atoms with Gasteiger partial charge in [-0.25, -0.2) is 4.98 Å². The van der Waals surface area contributed by atoms with Gasteiger partial charge in [-0.15, -0.1) is 0 Å². The van der Waals surface area contributed by atoms with Gasteiger partial charge in [0.15, 0.2) is 0 Å². The molecule has 0 aliphatic carbocycles. The molecule has 2 atom stereocenters. The maximum absolute atomic E-state index is 11.0.